The second-order valence-electron chi connectivity index (χ2n) is 5.17. The Kier molecular flexibility index (Phi) is 3.94. The van der Waals surface area contributed by atoms with Crippen LogP contribution in [-0.4, -0.2) is 48.6 Å². The quantitative estimate of drug-likeness (QED) is 0.794. The van der Waals surface area contributed by atoms with Crippen LogP contribution in [0.5, 0.6) is 0 Å². The van der Waals surface area contributed by atoms with E-state index in [1.807, 2.05) is 13.0 Å². The zero-order chi connectivity index (χ0) is 12.3. The van der Waals surface area contributed by atoms with Gasteiger partial charge in [0.25, 0.3) is 0 Å². The Bertz CT molecular complexity index is 366. The SMILES string of the molecule is Cc1cc(N(C)CC2CCCN(C)C2)ncn1. The molecule has 0 aromatic carbocycles. The Balaban J connectivity index is 1.94. The molecule has 1 saturated heterocycles. The molecule has 2 heterocycles. The summed E-state index contributed by atoms with van der Waals surface area (Å²) in [7, 11) is 4.33. The predicted molar refractivity (Wildman–Crippen MR) is 70.3 cm³/mol. The molecule has 0 N–H and O–H groups in total. The fourth-order valence-electron chi connectivity index (χ4n) is 2.55. The fourth-order valence-corrected chi connectivity index (χ4v) is 2.55. The van der Waals surface area contributed by atoms with Crippen molar-refractivity contribution >= 4 is 5.82 Å². The van der Waals surface area contributed by atoms with E-state index in [1.165, 1.54) is 25.9 Å². The van der Waals surface area contributed by atoms with Crippen LogP contribution < -0.4 is 4.90 Å². The van der Waals surface area contributed by atoms with Gasteiger partial charge in [-0.15, -0.1) is 0 Å². The van der Waals surface area contributed by atoms with E-state index in [-0.39, 0.29) is 0 Å². The van der Waals surface area contributed by atoms with E-state index in [9.17, 15) is 0 Å². The van der Waals surface area contributed by atoms with Crippen molar-refractivity contribution in [2.75, 3.05) is 38.6 Å². The number of nitrogens with zero attached hydrogens (tertiary/aromatic N) is 4. The third-order valence-corrected chi connectivity index (χ3v) is 3.43. The van der Waals surface area contributed by atoms with Gasteiger partial charge in [0, 0.05) is 31.9 Å². The highest BCUT2D eigenvalue weighted by atomic mass is 15.2. The first-order valence-corrected chi connectivity index (χ1v) is 6.33. The largest absolute Gasteiger partial charge is 0.359 e. The first-order chi connectivity index (χ1) is 8.15. The summed E-state index contributed by atoms with van der Waals surface area (Å²) in [6.07, 6.45) is 4.30. The smallest absolute Gasteiger partial charge is 0.131 e. The summed E-state index contributed by atoms with van der Waals surface area (Å²) in [5.74, 6) is 1.79. The lowest BCUT2D eigenvalue weighted by atomic mass is 9.98. The predicted octanol–water partition coefficient (Wildman–Crippen LogP) is 1.56. The summed E-state index contributed by atoms with van der Waals surface area (Å²) in [4.78, 5) is 13.1. The molecule has 0 amide bonds. The number of piperidine rings is 1. The second kappa shape index (κ2) is 5.45. The first kappa shape index (κ1) is 12.3. The van der Waals surface area contributed by atoms with Gasteiger partial charge in [-0.1, -0.05) is 0 Å². The number of rotatable bonds is 3. The van der Waals surface area contributed by atoms with Crippen LogP contribution >= 0.6 is 0 Å². The summed E-state index contributed by atoms with van der Waals surface area (Å²) in [6, 6.07) is 2.05. The average molecular weight is 234 g/mol. The van der Waals surface area contributed by atoms with Crippen molar-refractivity contribution in [3.63, 3.8) is 0 Å². The van der Waals surface area contributed by atoms with Gasteiger partial charge < -0.3 is 9.80 Å². The summed E-state index contributed by atoms with van der Waals surface area (Å²) < 4.78 is 0. The molecule has 1 aromatic heterocycles. The molecule has 1 aliphatic rings. The molecule has 1 aliphatic heterocycles. The van der Waals surface area contributed by atoms with E-state index in [0.717, 1.165) is 24.0 Å². The normalized spacial score (nSPS) is 21.5. The second-order valence-corrected chi connectivity index (χ2v) is 5.17. The maximum Gasteiger partial charge on any atom is 0.131 e. The molecule has 0 spiro atoms. The third kappa shape index (κ3) is 3.40. The minimum atomic E-state index is 0.758. The van der Waals surface area contributed by atoms with Crippen LogP contribution in [0.2, 0.25) is 0 Å². The molecule has 0 bridgehead atoms. The number of likely N-dealkylation sites (tertiary alicyclic amines) is 1. The van der Waals surface area contributed by atoms with Gasteiger partial charge in [-0.2, -0.15) is 0 Å². The van der Waals surface area contributed by atoms with Crippen molar-refractivity contribution in [3.8, 4) is 0 Å². The fraction of sp³-hybridized carbons (Fsp3) is 0.692. The zero-order valence-corrected chi connectivity index (χ0v) is 11.1. The molecule has 1 aromatic rings. The van der Waals surface area contributed by atoms with E-state index < -0.39 is 0 Å². The van der Waals surface area contributed by atoms with Crippen LogP contribution in [0.3, 0.4) is 0 Å². The Labute approximate surface area is 104 Å². The van der Waals surface area contributed by atoms with Gasteiger partial charge in [0.15, 0.2) is 0 Å². The Morgan fingerprint density at radius 3 is 3.00 bits per heavy atom. The highest BCUT2D eigenvalue weighted by Gasteiger charge is 2.19. The molecule has 4 heteroatoms. The lowest BCUT2D eigenvalue weighted by Crippen LogP contribution is -2.38. The molecule has 17 heavy (non-hydrogen) atoms. The minimum Gasteiger partial charge on any atom is -0.359 e. The molecule has 1 unspecified atom stereocenters. The molecular weight excluding hydrogens is 212 g/mol. The van der Waals surface area contributed by atoms with Crippen LogP contribution in [0.25, 0.3) is 0 Å². The molecule has 2 rings (SSSR count). The van der Waals surface area contributed by atoms with Gasteiger partial charge in [-0.25, -0.2) is 9.97 Å². The van der Waals surface area contributed by atoms with E-state index in [2.05, 4.69) is 33.9 Å². The Hall–Kier alpha value is -1.16. The molecule has 0 aliphatic carbocycles. The first-order valence-electron chi connectivity index (χ1n) is 6.33. The van der Waals surface area contributed by atoms with Crippen molar-refractivity contribution in [3.05, 3.63) is 18.1 Å². The molecule has 94 valence electrons. The van der Waals surface area contributed by atoms with Crippen LogP contribution in [0.4, 0.5) is 5.82 Å². The minimum absolute atomic E-state index is 0.758. The molecule has 1 atom stereocenters. The van der Waals surface area contributed by atoms with Crippen LogP contribution in [0, 0.1) is 12.8 Å². The van der Waals surface area contributed by atoms with Crippen LogP contribution in [-0.2, 0) is 0 Å². The number of hydrogen-bond acceptors (Lipinski definition) is 4. The molecular formula is C13H22N4. The van der Waals surface area contributed by atoms with E-state index in [0.29, 0.717) is 0 Å². The van der Waals surface area contributed by atoms with E-state index in [4.69, 9.17) is 0 Å². The average Bonchev–Trinajstić information content (AvgIpc) is 2.29. The number of aryl methyl sites for hydroxylation is 1. The summed E-state index contributed by atoms with van der Waals surface area (Å²) in [5, 5.41) is 0. The Morgan fingerprint density at radius 2 is 2.29 bits per heavy atom. The van der Waals surface area contributed by atoms with E-state index in [1.54, 1.807) is 6.33 Å². The van der Waals surface area contributed by atoms with E-state index >= 15 is 0 Å². The topological polar surface area (TPSA) is 32.3 Å². The van der Waals surface area contributed by atoms with Gasteiger partial charge in [0.2, 0.25) is 0 Å². The molecule has 1 fully saturated rings. The lowest BCUT2D eigenvalue weighted by molar-refractivity contribution is 0.213. The van der Waals surface area contributed by atoms with Crippen molar-refractivity contribution in [1.29, 1.82) is 0 Å². The lowest BCUT2D eigenvalue weighted by Gasteiger charge is -2.32. The summed E-state index contributed by atoms with van der Waals surface area (Å²) >= 11 is 0. The van der Waals surface area contributed by atoms with Gasteiger partial charge >= 0.3 is 0 Å². The van der Waals surface area contributed by atoms with Crippen LogP contribution in [0.15, 0.2) is 12.4 Å². The van der Waals surface area contributed by atoms with Crippen molar-refractivity contribution < 1.29 is 0 Å². The third-order valence-electron chi connectivity index (χ3n) is 3.43. The van der Waals surface area contributed by atoms with Crippen molar-refractivity contribution in [2.45, 2.75) is 19.8 Å². The molecule has 0 saturated carbocycles. The highest BCUT2D eigenvalue weighted by Crippen LogP contribution is 2.18. The van der Waals surface area contributed by atoms with Crippen molar-refractivity contribution in [1.82, 2.24) is 14.9 Å². The zero-order valence-electron chi connectivity index (χ0n) is 11.1. The maximum atomic E-state index is 4.33. The maximum absolute atomic E-state index is 4.33. The standard InChI is InChI=1S/C13H22N4/c1-11-7-13(15-10-14-11)17(3)9-12-5-4-6-16(2)8-12/h7,10,12H,4-6,8-9H2,1-3H3. The monoisotopic (exact) mass is 234 g/mol. The van der Waals surface area contributed by atoms with Crippen molar-refractivity contribution in [2.24, 2.45) is 5.92 Å². The summed E-state index contributed by atoms with van der Waals surface area (Å²) in [6.45, 7) is 5.54. The Morgan fingerprint density at radius 1 is 1.47 bits per heavy atom. The van der Waals surface area contributed by atoms with Gasteiger partial charge in [-0.05, 0) is 39.3 Å². The molecule has 4 nitrogen and oxygen atoms in total. The van der Waals surface area contributed by atoms with Gasteiger partial charge in [-0.3, -0.25) is 0 Å². The molecule has 0 radical (unpaired) electrons. The number of hydrogen-bond donors (Lipinski definition) is 0. The number of anilines is 1. The summed E-state index contributed by atoms with van der Waals surface area (Å²) in [5.41, 5.74) is 1.03. The number of aromatic nitrogens is 2. The van der Waals surface area contributed by atoms with Gasteiger partial charge in [0.05, 0.1) is 0 Å². The van der Waals surface area contributed by atoms with Crippen LogP contribution in [0.1, 0.15) is 18.5 Å². The highest BCUT2D eigenvalue weighted by molar-refractivity contribution is 5.37. The van der Waals surface area contributed by atoms with Gasteiger partial charge in [0.1, 0.15) is 12.1 Å².